The predicted molar refractivity (Wildman–Crippen MR) is 98.1 cm³/mol. The van der Waals surface area contributed by atoms with Gasteiger partial charge in [-0.15, -0.1) is 0 Å². The lowest BCUT2D eigenvalue weighted by atomic mass is 9.78. The van der Waals surface area contributed by atoms with Gasteiger partial charge in [0.2, 0.25) is 11.8 Å². The molecule has 0 spiro atoms. The van der Waals surface area contributed by atoms with Crippen molar-refractivity contribution in [1.82, 2.24) is 0 Å². The second-order valence-electron chi connectivity index (χ2n) is 8.02. The fourth-order valence-electron chi connectivity index (χ4n) is 5.46. The zero-order valence-electron chi connectivity index (χ0n) is 16.3. The number of aryl methyl sites for hydroxylation is 2. The summed E-state index contributed by atoms with van der Waals surface area (Å²) < 4.78 is 10.9. The molecule has 2 saturated carbocycles. The fraction of sp³-hybridized carbons (Fsp3) is 0.524. The molecule has 1 heterocycles. The number of para-hydroxylation sites is 1. The summed E-state index contributed by atoms with van der Waals surface area (Å²) in [5.74, 6) is -3.23. The first-order chi connectivity index (χ1) is 13.2. The van der Waals surface area contributed by atoms with Gasteiger partial charge in [-0.1, -0.05) is 18.2 Å². The average molecular weight is 385 g/mol. The van der Waals surface area contributed by atoms with Crippen LogP contribution in [0.15, 0.2) is 18.2 Å². The van der Waals surface area contributed by atoms with Gasteiger partial charge in [0, 0.05) is 25.7 Å². The van der Waals surface area contributed by atoms with E-state index in [1.807, 2.05) is 32.0 Å². The highest BCUT2D eigenvalue weighted by atomic mass is 16.6. The Labute approximate surface area is 163 Å². The van der Waals surface area contributed by atoms with Crippen molar-refractivity contribution in [2.75, 3.05) is 4.90 Å². The van der Waals surface area contributed by atoms with E-state index in [-0.39, 0.29) is 23.7 Å². The Bertz CT molecular complexity index is 827. The first kappa shape index (κ1) is 18.7. The second kappa shape index (κ2) is 6.43. The molecule has 0 unspecified atom stereocenters. The van der Waals surface area contributed by atoms with Crippen molar-refractivity contribution in [3.05, 3.63) is 29.3 Å². The SMILES string of the molecule is CC(=O)O[C@@H]1[C@H]2C[C@@H]([C@@H]1OC(C)=O)[C@H]1C(=O)N(c3c(C)cccc3C)C(=O)[C@@H]21. The molecule has 0 radical (unpaired) electrons. The Kier molecular flexibility index (Phi) is 4.28. The molecule has 0 N–H and O–H groups in total. The van der Waals surface area contributed by atoms with Gasteiger partial charge in [0.1, 0.15) is 12.2 Å². The van der Waals surface area contributed by atoms with Crippen LogP contribution in [0.2, 0.25) is 0 Å². The standard InChI is InChI=1S/C21H23NO6/c1-9-6-5-7-10(2)17(9)22-20(25)15-13-8-14(16(15)21(22)26)19(28-12(4)24)18(13)27-11(3)23/h5-7,13-16,18-19H,8H2,1-4H3/t13-,14+,15-,16+,18+,19-. The Morgan fingerprint density at radius 1 is 0.893 bits per heavy atom. The second-order valence-corrected chi connectivity index (χ2v) is 8.02. The third kappa shape index (κ3) is 2.56. The smallest absolute Gasteiger partial charge is 0.303 e. The van der Waals surface area contributed by atoms with Crippen molar-refractivity contribution in [2.45, 2.75) is 46.3 Å². The van der Waals surface area contributed by atoms with E-state index in [2.05, 4.69) is 0 Å². The average Bonchev–Trinajstić information content (AvgIpc) is 3.20. The Hall–Kier alpha value is -2.70. The molecule has 1 aromatic rings. The lowest BCUT2D eigenvalue weighted by Gasteiger charge is -2.34. The van der Waals surface area contributed by atoms with Crippen molar-refractivity contribution < 1.29 is 28.7 Å². The predicted octanol–water partition coefficient (Wildman–Crippen LogP) is 1.92. The van der Waals surface area contributed by atoms with Gasteiger partial charge in [-0.3, -0.25) is 19.2 Å². The molecule has 7 heteroatoms. The van der Waals surface area contributed by atoms with Gasteiger partial charge in [-0.2, -0.15) is 0 Å². The molecule has 3 aliphatic rings. The van der Waals surface area contributed by atoms with Crippen LogP contribution in [0.25, 0.3) is 0 Å². The van der Waals surface area contributed by atoms with E-state index >= 15 is 0 Å². The van der Waals surface area contributed by atoms with Gasteiger partial charge < -0.3 is 9.47 Å². The minimum Gasteiger partial charge on any atom is -0.458 e. The largest absolute Gasteiger partial charge is 0.458 e. The van der Waals surface area contributed by atoms with Crippen LogP contribution in [-0.2, 0) is 28.7 Å². The maximum atomic E-state index is 13.3. The van der Waals surface area contributed by atoms with Crippen LogP contribution in [0, 0.1) is 37.5 Å². The summed E-state index contributed by atoms with van der Waals surface area (Å²) in [5, 5.41) is 0. The summed E-state index contributed by atoms with van der Waals surface area (Å²) in [6.07, 6.45) is -0.854. The van der Waals surface area contributed by atoms with E-state index < -0.39 is 36.0 Å². The molecule has 2 aliphatic carbocycles. The van der Waals surface area contributed by atoms with Crippen molar-refractivity contribution in [2.24, 2.45) is 23.7 Å². The highest BCUT2D eigenvalue weighted by Gasteiger charge is 2.69. The molecule has 1 saturated heterocycles. The molecule has 2 bridgehead atoms. The number of carbonyl (C=O) groups excluding carboxylic acids is 4. The summed E-state index contributed by atoms with van der Waals surface area (Å²) in [6, 6.07) is 5.63. The number of carbonyl (C=O) groups is 4. The number of esters is 2. The molecule has 148 valence electrons. The molecule has 1 aromatic carbocycles. The lowest BCUT2D eigenvalue weighted by Crippen LogP contribution is -2.47. The van der Waals surface area contributed by atoms with E-state index in [0.29, 0.717) is 12.1 Å². The number of imide groups is 1. The molecule has 3 fully saturated rings. The summed E-state index contributed by atoms with van der Waals surface area (Å²) in [7, 11) is 0. The summed E-state index contributed by atoms with van der Waals surface area (Å²) >= 11 is 0. The fourth-order valence-corrected chi connectivity index (χ4v) is 5.46. The van der Waals surface area contributed by atoms with E-state index in [9.17, 15) is 19.2 Å². The van der Waals surface area contributed by atoms with E-state index in [1.54, 1.807) is 0 Å². The summed E-state index contributed by atoms with van der Waals surface area (Å²) in [6.45, 7) is 6.32. The number of nitrogens with zero attached hydrogens (tertiary/aromatic N) is 1. The van der Waals surface area contributed by atoms with Gasteiger partial charge in [0.25, 0.3) is 0 Å². The van der Waals surface area contributed by atoms with Crippen molar-refractivity contribution in [1.29, 1.82) is 0 Å². The number of hydrogen-bond donors (Lipinski definition) is 0. The topological polar surface area (TPSA) is 90.0 Å². The first-order valence-corrected chi connectivity index (χ1v) is 9.50. The maximum Gasteiger partial charge on any atom is 0.303 e. The molecule has 28 heavy (non-hydrogen) atoms. The molecule has 1 aliphatic heterocycles. The van der Waals surface area contributed by atoms with Crippen LogP contribution >= 0.6 is 0 Å². The number of anilines is 1. The Balaban J connectivity index is 1.73. The molecule has 2 amide bonds. The molecule has 7 nitrogen and oxygen atoms in total. The van der Waals surface area contributed by atoms with Gasteiger partial charge in [-0.05, 0) is 31.4 Å². The van der Waals surface area contributed by atoms with E-state index in [4.69, 9.17) is 9.47 Å². The Morgan fingerprint density at radius 3 is 1.71 bits per heavy atom. The summed E-state index contributed by atoms with van der Waals surface area (Å²) in [5.41, 5.74) is 2.32. The van der Waals surface area contributed by atoms with Crippen LogP contribution in [0.1, 0.15) is 31.4 Å². The third-order valence-corrected chi connectivity index (χ3v) is 6.30. The normalized spacial score (nSPS) is 33.2. The van der Waals surface area contributed by atoms with Crippen molar-refractivity contribution in [3.8, 4) is 0 Å². The van der Waals surface area contributed by atoms with Crippen LogP contribution < -0.4 is 4.90 Å². The highest BCUT2D eigenvalue weighted by Crippen LogP contribution is 2.58. The zero-order chi connectivity index (χ0) is 20.3. The maximum absolute atomic E-state index is 13.3. The minimum absolute atomic E-state index is 0.252. The number of amides is 2. The monoisotopic (exact) mass is 385 g/mol. The van der Waals surface area contributed by atoms with Gasteiger partial charge in [0.15, 0.2) is 0 Å². The van der Waals surface area contributed by atoms with E-state index in [1.165, 1.54) is 18.7 Å². The molecule has 4 rings (SSSR count). The van der Waals surface area contributed by atoms with Crippen molar-refractivity contribution >= 4 is 29.4 Å². The first-order valence-electron chi connectivity index (χ1n) is 9.50. The number of rotatable bonds is 3. The lowest BCUT2D eigenvalue weighted by molar-refractivity contribution is -0.175. The van der Waals surface area contributed by atoms with Gasteiger partial charge in [0.05, 0.1) is 17.5 Å². The van der Waals surface area contributed by atoms with Gasteiger partial charge in [-0.25, -0.2) is 4.90 Å². The van der Waals surface area contributed by atoms with Crippen molar-refractivity contribution in [3.63, 3.8) is 0 Å². The molecular formula is C21H23NO6. The van der Waals surface area contributed by atoms with Gasteiger partial charge >= 0.3 is 11.9 Å². The van der Waals surface area contributed by atoms with E-state index in [0.717, 1.165) is 11.1 Å². The number of ether oxygens (including phenoxy) is 2. The molecule has 0 aromatic heterocycles. The Morgan fingerprint density at radius 2 is 1.32 bits per heavy atom. The number of hydrogen-bond acceptors (Lipinski definition) is 6. The third-order valence-electron chi connectivity index (χ3n) is 6.30. The number of benzene rings is 1. The molecular weight excluding hydrogens is 362 g/mol. The highest BCUT2D eigenvalue weighted by molar-refractivity contribution is 6.23. The minimum atomic E-state index is -0.692. The zero-order valence-corrected chi connectivity index (χ0v) is 16.3. The number of fused-ring (bicyclic) bond motifs is 5. The van der Waals surface area contributed by atoms with Crippen LogP contribution in [0.3, 0.4) is 0 Å². The quantitative estimate of drug-likeness (QED) is 0.583. The van der Waals surface area contributed by atoms with Crippen LogP contribution in [0.5, 0.6) is 0 Å². The van der Waals surface area contributed by atoms with Crippen LogP contribution in [0.4, 0.5) is 5.69 Å². The molecule has 6 atom stereocenters. The van der Waals surface area contributed by atoms with Crippen LogP contribution in [-0.4, -0.2) is 36.0 Å². The summed E-state index contributed by atoms with van der Waals surface area (Å²) in [4.78, 5) is 51.1.